The third kappa shape index (κ3) is 4.65. The van der Waals surface area contributed by atoms with E-state index in [1.165, 1.54) is 0 Å². The second-order valence-electron chi connectivity index (χ2n) is 8.76. The van der Waals surface area contributed by atoms with Gasteiger partial charge >= 0.3 is 0 Å². The van der Waals surface area contributed by atoms with Crippen molar-refractivity contribution in [2.75, 3.05) is 7.05 Å². The van der Waals surface area contributed by atoms with Crippen LogP contribution < -0.4 is 0 Å². The molecule has 1 aliphatic rings. The number of hydrogen-bond donors (Lipinski definition) is 0. The molecule has 0 radical (unpaired) electrons. The number of benzene rings is 2. The van der Waals surface area contributed by atoms with Crippen LogP contribution in [0.5, 0.6) is 0 Å². The molecule has 1 unspecified atom stereocenters. The number of rotatable bonds is 5. The number of hydrogen-bond acceptors (Lipinski definition) is 6. The summed E-state index contributed by atoms with van der Waals surface area (Å²) >= 11 is 0. The first-order valence-electron chi connectivity index (χ1n) is 12.1. The summed E-state index contributed by atoms with van der Waals surface area (Å²) in [7, 11) is 2.04. The van der Waals surface area contributed by atoms with Crippen molar-refractivity contribution in [3.05, 3.63) is 139 Å². The molecule has 0 aliphatic carbocycles. The number of pyridine rings is 3. The van der Waals surface area contributed by atoms with Crippen LogP contribution in [-0.4, -0.2) is 38.6 Å². The van der Waals surface area contributed by atoms with Crippen LogP contribution in [0.2, 0.25) is 0 Å². The lowest BCUT2D eigenvalue weighted by Crippen LogP contribution is -2.35. The predicted molar refractivity (Wildman–Crippen MR) is 147 cm³/mol. The van der Waals surface area contributed by atoms with E-state index >= 15 is 0 Å². The van der Waals surface area contributed by atoms with Crippen molar-refractivity contribution in [2.24, 2.45) is 9.98 Å². The Morgan fingerprint density at radius 1 is 0.568 bits per heavy atom. The van der Waals surface area contributed by atoms with Gasteiger partial charge < -0.3 is 4.90 Å². The minimum atomic E-state index is -0.240. The molecule has 0 N–H and O–H groups in total. The Bertz CT molecular complexity index is 1550. The number of aromatic nitrogens is 3. The molecule has 0 saturated heterocycles. The van der Waals surface area contributed by atoms with E-state index in [0.29, 0.717) is 5.84 Å². The molecule has 0 saturated carbocycles. The molecule has 4 heterocycles. The van der Waals surface area contributed by atoms with Gasteiger partial charge in [-0.1, -0.05) is 54.6 Å². The average Bonchev–Trinajstić information content (AvgIpc) is 2.99. The summed E-state index contributed by atoms with van der Waals surface area (Å²) in [5.41, 5.74) is 7.37. The average molecular weight is 481 g/mol. The van der Waals surface area contributed by atoms with Gasteiger partial charge in [0.2, 0.25) is 0 Å². The zero-order valence-electron chi connectivity index (χ0n) is 20.3. The Kier molecular flexibility index (Phi) is 6.05. The van der Waals surface area contributed by atoms with Crippen molar-refractivity contribution >= 4 is 11.7 Å². The third-order valence-electron chi connectivity index (χ3n) is 6.43. The fourth-order valence-electron chi connectivity index (χ4n) is 4.46. The monoisotopic (exact) mass is 480 g/mol. The lowest BCUT2D eigenvalue weighted by molar-refractivity contribution is 0.382. The first kappa shape index (κ1) is 22.5. The second-order valence-corrected chi connectivity index (χ2v) is 8.76. The summed E-state index contributed by atoms with van der Waals surface area (Å²) in [6.07, 6.45) is 8.77. The minimum Gasteiger partial charge on any atom is -0.333 e. The highest BCUT2D eigenvalue weighted by Crippen LogP contribution is 2.30. The summed E-state index contributed by atoms with van der Waals surface area (Å²) in [5.74, 6) is 1.47. The molecule has 6 heteroatoms. The molecular weight excluding hydrogens is 456 g/mol. The van der Waals surface area contributed by atoms with Gasteiger partial charge in [0, 0.05) is 43.6 Å². The van der Waals surface area contributed by atoms with Crippen molar-refractivity contribution in [1.82, 2.24) is 19.9 Å². The van der Waals surface area contributed by atoms with Crippen LogP contribution in [-0.2, 0) is 0 Å². The summed E-state index contributed by atoms with van der Waals surface area (Å²) in [6.45, 7) is 0. The standard InChI is InChI=1S/C31H24N6/c1-37-30(26-9-5-22(6-10-26)24-13-18-32-19-14-24)35-29(28-4-2-3-17-34-28)36-31(37)27-11-7-23(8-12-27)25-15-20-33-21-16-25/h2-21,30H,1H3. The van der Waals surface area contributed by atoms with Gasteiger partial charge in [-0.2, -0.15) is 0 Å². The van der Waals surface area contributed by atoms with E-state index in [1.54, 1.807) is 6.20 Å². The quantitative estimate of drug-likeness (QED) is 0.307. The van der Waals surface area contributed by atoms with E-state index in [4.69, 9.17) is 9.98 Å². The van der Waals surface area contributed by atoms with Gasteiger partial charge in [0.1, 0.15) is 11.5 Å². The number of nitrogens with zero attached hydrogens (tertiary/aromatic N) is 6. The number of amidine groups is 2. The smallest absolute Gasteiger partial charge is 0.178 e. The zero-order valence-corrected chi connectivity index (χ0v) is 20.3. The van der Waals surface area contributed by atoms with Crippen molar-refractivity contribution in [3.63, 3.8) is 0 Å². The maximum atomic E-state index is 5.02. The topological polar surface area (TPSA) is 66.6 Å². The van der Waals surface area contributed by atoms with Gasteiger partial charge in [-0.15, -0.1) is 0 Å². The summed E-state index contributed by atoms with van der Waals surface area (Å²) in [5, 5.41) is 0. The van der Waals surface area contributed by atoms with Gasteiger partial charge in [-0.05, 0) is 64.2 Å². The molecule has 0 bridgehead atoms. The van der Waals surface area contributed by atoms with Crippen molar-refractivity contribution in [2.45, 2.75) is 6.17 Å². The zero-order chi connectivity index (χ0) is 25.0. The molecule has 1 aliphatic heterocycles. The predicted octanol–water partition coefficient (Wildman–Crippen LogP) is 6.04. The van der Waals surface area contributed by atoms with E-state index < -0.39 is 0 Å². The minimum absolute atomic E-state index is 0.240. The summed E-state index contributed by atoms with van der Waals surface area (Å²) in [6, 6.07) is 30.8. The lowest BCUT2D eigenvalue weighted by Gasteiger charge is -2.32. The Balaban J connectivity index is 1.37. The number of aliphatic imine (C=N–C) groups is 2. The molecule has 6 nitrogen and oxygen atoms in total. The fraction of sp³-hybridized carbons (Fsp3) is 0.0645. The summed E-state index contributed by atoms with van der Waals surface area (Å²) < 4.78 is 0. The summed E-state index contributed by atoms with van der Waals surface area (Å²) in [4.78, 5) is 24.9. The molecule has 6 rings (SSSR count). The van der Waals surface area contributed by atoms with Crippen molar-refractivity contribution in [1.29, 1.82) is 0 Å². The normalized spacial score (nSPS) is 15.2. The Morgan fingerprint density at radius 2 is 1.11 bits per heavy atom. The third-order valence-corrected chi connectivity index (χ3v) is 6.43. The van der Waals surface area contributed by atoms with E-state index in [0.717, 1.165) is 44.9 Å². The molecule has 178 valence electrons. The van der Waals surface area contributed by atoms with Crippen molar-refractivity contribution < 1.29 is 0 Å². The van der Waals surface area contributed by atoms with Crippen LogP contribution in [0.1, 0.15) is 23.0 Å². The molecule has 5 aromatic rings. The van der Waals surface area contributed by atoms with Crippen LogP contribution in [0.4, 0.5) is 0 Å². The molecule has 3 aromatic heterocycles. The molecule has 0 amide bonds. The highest BCUT2D eigenvalue weighted by atomic mass is 15.3. The van der Waals surface area contributed by atoms with Crippen LogP contribution in [0, 0.1) is 0 Å². The Labute approximate surface area is 215 Å². The highest BCUT2D eigenvalue weighted by molar-refractivity contribution is 6.12. The molecule has 37 heavy (non-hydrogen) atoms. The van der Waals surface area contributed by atoms with Crippen molar-refractivity contribution in [3.8, 4) is 22.3 Å². The van der Waals surface area contributed by atoms with E-state index in [2.05, 4.69) is 68.4 Å². The van der Waals surface area contributed by atoms with Gasteiger partial charge in [-0.25, -0.2) is 9.98 Å². The Morgan fingerprint density at radius 3 is 1.68 bits per heavy atom. The molecule has 1 atom stereocenters. The van der Waals surface area contributed by atoms with Crippen LogP contribution >= 0.6 is 0 Å². The van der Waals surface area contributed by atoms with Gasteiger partial charge in [0.05, 0.1) is 0 Å². The fourth-order valence-corrected chi connectivity index (χ4v) is 4.46. The first-order chi connectivity index (χ1) is 18.3. The lowest BCUT2D eigenvalue weighted by atomic mass is 10.0. The van der Waals surface area contributed by atoms with Crippen LogP contribution in [0.25, 0.3) is 22.3 Å². The highest BCUT2D eigenvalue weighted by Gasteiger charge is 2.27. The van der Waals surface area contributed by atoms with E-state index in [-0.39, 0.29) is 6.17 Å². The van der Waals surface area contributed by atoms with Gasteiger partial charge in [-0.3, -0.25) is 15.0 Å². The second kappa shape index (κ2) is 9.95. The first-order valence-corrected chi connectivity index (χ1v) is 12.1. The SMILES string of the molecule is CN1C(c2ccc(-c3ccncc3)cc2)=NC(c2ccccn2)=NC1c1ccc(-c2ccncc2)cc1. The van der Waals surface area contributed by atoms with E-state index in [9.17, 15) is 0 Å². The van der Waals surface area contributed by atoms with Crippen LogP contribution in [0.15, 0.2) is 132 Å². The Hall–Kier alpha value is -4.97. The maximum absolute atomic E-state index is 5.02. The molecule has 0 fully saturated rings. The van der Waals surface area contributed by atoms with Gasteiger partial charge in [0.25, 0.3) is 0 Å². The van der Waals surface area contributed by atoms with Gasteiger partial charge in [0.15, 0.2) is 12.0 Å². The molecular formula is C31H24N6. The van der Waals surface area contributed by atoms with E-state index in [1.807, 2.05) is 74.3 Å². The van der Waals surface area contributed by atoms with Crippen LogP contribution in [0.3, 0.4) is 0 Å². The maximum Gasteiger partial charge on any atom is 0.178 e. The molecule has 0 spiro atoms. The largest absolute Gasteiger partial charge is 0.333 e. The molecule has 2 aromatic carbocycles.